The Morgan fingerprint density at radius 2 is 2.07 bits per heavy atom. The number of piperidine rings is 1. The largest absolute Gasteiger partial charge is 0.385 e. The van der Waals surface area contributed by atoms with Crippen molar-refractivity contribution in [2.75, 3.05) is 6.54 Å². The first-order valence-corrected chi connectivity index (χ1v) is 5.22. The average molecular weight is 191 g/mol. The average Bonchev–Trinajstić information content (AvgIpc) is 2.19. The molecular weight excluding hydrogens is 174 g/mol. The van der Waals surface area contributed by atoms with E-state index in [1.54, 1.807) is 0 Å². The fourth-order valence-corrected chi connectivity index (χ4v) is 2.22. The fraction of sp³-hybridized carbons (Fsp3) is 0.500. The van der Waals surface area contributed by atoms with Crippen molar-refractivity contribution in [1.29, 1.82) is 0 Å². The van der Waals surface area contributed by atoms with E-state index in [1.165, 1.54) is 0 Å². The van der Waals surface area contributed by atoms with Crippen molar-refractivity contribution in [2.24, 2.45) is 0 Å². The molecule has 2 nitrogen and oxygen atoms in total. The van der Waals surface area contributed by atoms with Gasteiger partial charge in [-0.15, -0.1) is 0 Å². The quantitative estimate of drug-likeness (QED) is 0.707. The zero-order chi connectivity index (χ0) is 10.0. The highest BCUT2D eigenvalue weighted by Crippen LogP contribution is 2.32. The van der Waals surface area contributed by atoms with Crippen molar-refractivity contribution in [3.05, 3.63) is 35.9 Å². The molecule has 2 N–H and O–H groups in total. The van der Waals surface area contributed by atoms with Crippen molar-refractivity contribution in [2.45, 2.75) is 31.4 Å². The van der Waals surface area contributed by atoms with Gasteiger partial charge in [-0.25, -0.2) is 0 Å². The standard InChI is InChI=1S/C12H17NO/c1-10-9-12(14,7-8-13-10)11-5-3-2-4-6-11/h2-6,10,13-14H,7-9H2,1H3. The van der Waals surface area contributed by atoms with E-state index in [9.17, 15) is 5.11 Å². The first kappa shape index (κ1) is 9.69. The van der Waals surface area contributed by atoms with Gasteiger partial charge in [-0.05, 0) is 31.9 Å². The van der Waals surface area contributed by atoms with Gasteiger partial charge < -0.3 is 10.4 Å². The molecule has 14 heavy (non-hydrogen) atoms. The Bertz CT molecular complexity index is 298. The zero-order valence-corrected chi connectivity index (χ0v) is 8.53. The first-order valence-electron chi connectivity index (χ1n) is 5.22. The molecule has 0 amide bonds. The van der Waals surface area contributed by atoms with E-state index < -0.39 is 5.60 Å². The number of hydrogen-bond donors (Lipinski definition) is 2. The molecule has 1 saturated heterocycles. The van der Waals surface area contributed by atoms with Crippen LogP contribution < -0.4 is 5.32 Å². The van der Waals surface area contributed by atoms with Gasteiger partial charge in [0, 0.05) is 6.04 Å². The van der Waals surface area contributed by atoms with E-state index in [2.05, 4.69) is 12.2 Å². The van der Waals surface area contributed by atoms with Gasteiger partial charge in [-0.1, -0.05) is 30.3 Å². The molecule has 2 heteroatoms. The summed E-state index contributed by atoms with van der Waals surface area (Å²) in [7, 11) is 0. The summed E-state index contributed by atoms with van der Waals surface area (Å²) in [5.41, 5.74) is 0.430. The summed E-state index contributed by atoms with van der Waals surface area (Å²) in [6.45, 7) is 3.01. The molecule has 0 spiro atoms. The van der Waals surface area contributed by atoms with Gasteiger partial charge in [0.05, 0.1) is 5.60 Å². The van der Waals surface area contributed by atoms with Crippen LogP contribution in [-0.4, -0.2) is 17.7 Å². The van der Waals surface area contributed by atoms with Crippen LogP contribution in [0.5, 0.6) is 0 Å². The molecule has 1 heterocycles. The van der Waals surface area contributed by atoms with Gasteiger partial charge >= 0.3 is 0 Å². The van der Waals surface area contributed by atoms with Crippen LogP contribution in [0.2, 0.25) is 0 Å². The second kappa shape index (κ2) is 3.71. The highest BCUT2D eigenvalue weighted by Gasteiger charge is 2.33. The lowest BCUT2D eigenvalue weighted by molar-refractivity contribution is -0.00646. The highest BCUT2D eigenvalue weighted by molar-refractivity contribution is 5.23. The SMILES string of the molecule is CC1CC(O)(c2ccccc2)CCN1. The third-order valence-electron chi connectivity index (χ3n) is 2.99. The first-order chi connectivity index (χ1) is 6.71. The van der Waals surface area contributed by atoms with Crippen LogP contribution in [0.1, 0.15) is 25.3 Å². The van der Waals surface area contributed by atoms with Crippen LogP contribution in [0.3, 0.4) is 0 Å². The van der Waals surface area contributed by atoms with Crippen LogP contribution >= 0.6 is 0 Å². The molecule has 2 atom stereocenters. The Kier molecular flexibility index (Phi) is 2.57. The Labute approximate surface area is 85.0 Å². The zero-order valence-electron chi connectivity index (χ0n) is 8.53. The van der Waals surface area contributed by atoms with Crippen LogP contribution in [0.4, 0.5) is 0 Å². The highest BCUT2D eigenvalue weighted by atomic mass is 16.3. The molecule has 0 radical (unpaired) electrons. The summed E-state index contributed by atoms with van der Waals surface area (Å²) in [6, 6.07) is 10.4. The number of hydrogen-bond acceptors (Lipinski definition) is 2. The van der Waals surface area contributed by atoms with E-state index in [0.717, 1.165) is 24.9 Å². The van der Waals surface area contributed by atoms with Gasteiger partial charge in [0.2, 0.25) is 0 Å². The lowest BCUT2D eigenvalue weighted by Crippen LogP contribution is -2.44. The van der Waals surface area contributed by atoms with Gasteiger partial charge in [-0.3, -0.25) is 0 Å². The second-order valence-electron chi connectivity index (χ2n) is 4.21. The lowest BCUT2D eigenvalue weighted by Gasteiger charge is -2.36. The van der Waals surface area contributed by atoms with Crippen molar-refractivity contribution in [1.82, 2.24) is 5.32 Å². The van der Waals surface area contributed by atoms with E-state index in [4.69, 9.17) is 0 Å². The molecule has 0 aliphatic carbocycles. The lowest BCUT2D eigenvalue weighted by atomic mass is 9.82. The summed E-state index contributed by atoms with van der Waals surface area (Å²) in [4.78, 5) is 0. The van der Waals surface area contributed by atoms with E-state index >= 15 is 0 Å². The third-order valence-corrected chi connectivity index (χ3v) is 2.99. The fourth-order valence-electron chi connectivity index (χ4n) is 2.22. The van der Waals surface area contributed by atoms with Gasteiger partial charge in [0.1, 0.15) is 0 Å². The summed E-state index contributed by atoms with van der Waals surface area (Å²) < 4.78 is 0. The van der Waals surface area contributed by atoms with Crippen molar-refractivity contribution >= 4 is 0 Å². The van der Waals surface area contributed by atoms with Gasteiger partial charge in [-0.2, -0.15) is 0 Å². The molecule has 1 aliphatic rings. The Hall–Kier alpha value is -0.860. The smallest absolute Gasteiger partial charge is 0.0923 e. The Morgan fingerprint density at radius 1 is 1.36 bits per heavy atom. The predicted octanol–water partition coefficient (Wildman–Crippen LogP) is 1.65. The molecule has 1 aromatic carbocycles. The Morgan fingerprint density at radius 3 is 2.71 bits per heavy atom. The summed E-state index contributed by atoms with van der Waals surface area (Å²) in [5, 5.41) is 13.8. The normalized spacial score (nSPS) is 32.9. The molecule has 1 aliphatic heterocycles. The monoisotopic (exact) mass is 191 g/mol. The minimum Gasteiger partial charge on any atom is -0.385 e. The maximum Gasteiger partial charge on any atom is 0.0923 e. The summed E-state index contributed by atoms with van der Waals surface area (Å²) in [5.74, 6) is 0. The molecule has 0 saturated carbocycles. The topological polar surface area (TPSA) is 32.3 Å². The molecule has 0 bridgehead atoms. The third kappa shape index (κ3) is 1.81. The van der Waals surface area contributed by atoms with Crippen LogP contribution in [0.15, 0.2) is 30.3 Å². The molecule has 2 rings (SSSR count). The van der Waals surface area contributed by atoms with Crippen LogP contribution in [0.25, 0.3) is 0 Å². The Balaban J connectivity index is 2.23. The van der Waals surface area contributed by atoms with Crippen molar-refractivity contribution in [3.63, 3.8) is 0 Å². The summed E-state index contributed by atoms with van der Waals surface area (Å²) >= 11 is 0. The molecule has 0 aromatic heterocycles. The molecule has 76 valence electrons. The van der Waals surface area contributed by atoms with Crippen LogP contribution in [-0.2, 0) is 5.60 Å². The maximum absolute atomic E-state index is 10.5. The van der Waals surface area contributed by atoms with Crippen molar-refractivity contribution in [3.8, 4) is 0 Å². The molecule has 1 aromatic rings. The van der Waals surface area contributed by atoms with Crippen LogP contribution in [0, 0.1) is 0 Å². The van der Waals surface area contributed by atoms with Gasteiger partial charge in [0.25, 0.3) is 0 Å². The minimum absolute atomic E-state index is 0.397. The second-order valence-corrected chi connectivity index (χ2v) is 4.21. The predicted molar refractivity (Wildman–Crippen MR) is 57.0 cm³/mol. The number of aliphatic hydroxyl groups is 1. The molecular formula is C12H17NO. The van der Waals surface area contributed by atoms with Gasteiger partial charge in [0.15, 0.2) is 0 Å². The summed E-state index contributed by atoms with van der Waals surface area (Å²) in [6.07, 6.45) is 1.61. The number of benzene rings is 1. The number of nitrogens with one attached hydrogen (secondary N) is 1. The van der Waals surface area contributed by atoms with E-state index in [0.29, 0.717) is 6.04 Å². The molecule has 2 unspecified atom stereocenters. The number of rotatable bonds is 1. The molecule has 1 fully saturated rings. The van der Waals surface area contributed by atoms with E-state index in [-0.39, 0.29) is 0 Å². The van der Waals surface area contributed by atoms with E-state index in [1.807, 2.05) is 30.3 Å². The maximum atomic E-state index is 10.5. The minimum atomic E-state index is -0.619. The van der Waals surface area contributed by atoms with Crippen molar-refractivity contribution < 1.29 is 5.11 Å².